The number of methoxy groups -OCH3 is 2. The molecule has 1 aromatic heterocycles. The van der Waals surface area contributed by atoms with Gasteiger partial charge in [-0.3, -0.25) is 4.79 Å². The summed E-state index contributed by atoms with van der Waals surface area (Å²) in [5.41, 5.74) is 1.74. The van der Waals surface area contributed by atoms with Crippen LogP contribution in [0, 0.1) is 17.8 Å². The minimum atomic E-state index is -0.0896. The van der Waals surface area contributed by atoms with E-state index in [4.69, 9.17) is 14.2 Å². The largest absolute Gasteiger partial charge is 0.493 e. The van der Waals surface area contributed by atoms with E-state index in [9.17, 15) is 4.79 Å². The molecule has 27 heavy (non-hydrogen) atoms. The third kappa shape index (κ3) is 3.95. The molecule has 0 radical (unpaired) electrons. The first-order valence-corrected chi connectivity index (χ1v) is 10.4. The zero-order valence-electron chi connectivity index (χ0n) is 15.8. The fourth-order valence-corrected chi connectivity index (χ4v) is 5.33. The van der Waals surface area contributed by atoms with Crippen molar-refractivity contribution in [2.24, 2.45) is 17.8 Å². The summed E-state index contributed by atoms with van der Waals surface area (Å²) in [4.78, 5) is 16.8. The van der Waals surface area contributed by atoms with Crippen molar-refractivity contribution in [3.05, 3.63) is 29.3 Å². The lowest BCUT2D eigenvalue weighted by Gasteiger charge is -2.20. The van der Waals surface area contributed by atoms with Gasteiger partial charge in [0.05, 0.1) is 19.9 Å². The molecule has 0 N–H and O–H groups in total. The molecule has 144 valence electrons. The first kappa shape index (κ1) is 18.3. The van der Waals surface area contributed by atoms with Crippen LogP contribution in [0.15, 0.2) is 23.6 Å². The van der Waals surface area contributed by atoms with E-state index in [1.165, 1.54) is 37.0 Å². The van der Waals surface area contributed by atoms with Gasteiger partial charge in [0.1, 0.15) is 11.6 Å². The quantitative estimate of drug-likeness (QED) is 0.645. The first-order chi connectivity index (χ1) is 13.2. The maximum Gasteiger partial charge on any atom is 0.306 e. The van der Waals surface area contributed by atoms with Crippen molar-refractivity contribution in [3.8, 4) is 22.1 Å². The molecule has 2 saturated carbocycles. The minimum Gasteiger partial charge on any atom is -0.493 e. The highest BCUT2D eigenvalue weighted by atomic mass is 32.1. The van der Waals surface area contributed by atoms with Crippen molar-refractivity contribution in [3.63, 3.8) is 0 Å². The van der Waals surface area contributed by atoms with Crippen molar-refractivity contribution < 1.29 is 19.0 Å². The van der Waals surface area contributed by atoms with Crippen LogP contribution in [0.2, 0.25) is 0 Å². The maximum atomic E-state index is 12.2. The summed E-state index contributed by atoms with van der Waals surface area (Å²) < 4.78 is 16.1. The Morgan fingerprint density at radius 1 is 1.19 bits per heavy atom. The van der Waals surface area contributed by atoms with Gasteiger partial charge < -0.3 is 14.2 Å². The third-order valence-corrected chi connectivity index (χ3v) is 6.82. The van der Waals surface area contributed by atoms with Crippen LogP contribution in [-0.2, 0) is 16.1 Å². The molecule has 5 nitrogen and oxygen atoms in total. The zero-order valence-corrected chi connectivity index (χ0v) is 16.6. The summed E-state index contributed by atoms with van der Waals surface area (Å²) in [5, 5.41) is 2.81. The molecule has 2 bridgehead atoms. The first-order valence-electron chi connectivity index (χ1n) is 9.48. The lowest BCUT2D eigenvalue weighted by atomic mass is 9.86. The second-order valence-electron chi connectivity index (χ2n) is 7.51. The van der Waals surface area contributed by atoms with Gasteiger partial charge in [-0.25, -0.2) is 4.98 Å². The molecular weight excluding hydrogens is 362 g/mol. The van der Waals surface area contributed by atoms with E-state index in [1.807, 2.05) is 23.6 Å². The molecular formula is C21H25NO4S. The summed E-state index contributed by atoms with van der Waals surface area (Å²) in [7, 11) is 3.23. The van der Waals surface area contributed by atoms with Gasteiger partial charge in [0.25, 0.3) is 0 Å². The number of aromatic nitrogens is 1. The van der Waals surface area contributed by atoms with Crippen LogP contribution < -0.4 is 9.47 Å². The predicted molar refractivity (Wildman–Crippen MR) is 104 cm³/mol. The number of hydrogen-bond acceptors (Lipinski definition) is 6. The predicted octanol–water partition coefficient (Wildman–Crippen LogP) is 4.70. The number of rotatable bonds is 7. The summed E-state index contributed by atoms with van der Waals surface area (Å²) in [6.07, 6.45) is 5.74. The summed E-state index contributed by atoms with van der Waals surface area (Å²) in [5.74, 6) is 3.41. The van der Waals surface area contributed by atoms with Gasteiger partial charge in [0.15, 0.2) is 11.5 Å². The van der Waals surface area contributed by atoms with E-state index in [-0.39, 0.29) is 12.6 Å². The average molecular weight is 388 g/mol. The number of carbonyl (C=O) groups is 1. The lowest BCUT2D eigenvalue weighted by Crippen LogP contribution is -2.17. The minimum absolute atomic E-state index is 0.0896. The van der Waals surface area contributed by atoms with Crippen LogP contribution in [0.5, 0.6) is 11.5 Å². The van der Waals surface area contributed by atoms with Crippen molar-refractivity contribution in [1.29, 1.82) is 0 Å². The van der Waals surface area contributed by atoms with Gasteiger partial charge in [0, 0.05) is 17.4 Å². The second-order valence-corrected chi connectivity index (χ2v) is 8.37. The third-order valence-electron chi connectivity index (χ3n) is 5.88. The van der Waals surface area contributed by atoms with Gasteiger partial charge >= 0.3 is 5.97 Å². The topological polar surface area (TPSA) is 57.7 Å². The molecule has 3 atom stereocenters. The van der Waals surface area contributed by atoms with Gasteiger partial charge in [-0.1, -0.05) is 6.42 Å². The second kappa shape index (κ2) is 7.89. The van der Waals surface area contributed by atoms with Crippen LogP contribution in [0.1, 0.15) is 37.8 Å². The number of esters is 1. The molecule has 0 spiro atoms. The molecule has 2 fully saturated rings. The molecule has 0 aliphatic heterocycles. The zero-order chi connectivity index (χ0) is 18.8. The van der Waals surface area contributed by atoms with Gasteiger partial charge in [-0.05, 0) is 55.2 Å². The molecule has 1 aromatic carbocycles. The van der Waals surface area contributed by atoms with Crippen LogP contribution in [0.25, 0.3) is 10.6 Å². The maximum absolute atomic E-state index is 12.2. The molecule has 2 aliphatic carbocycles. The number of benzene rings is 1. The van der Waals surface area contributed by atoms with E-state index in [0.717, 1.165) is 28.1 Å². The Labute approximate surface area is 163 Å². The van der Waals surface area contributed by atoms with Gasteiger partial charge in [0.2, 0.25) is 0 Å². The van der Waals surface area contributed by atoms with E-state index >= 15 is 0 Å². The Morgan fingerprint density at radius 2 is 2.04 bits per heavy atom. The summed E-state index contributed by atoms with van der Waals surface area (Å²) in [6, 6.07) is 5.72. The van der Waals surface area contributed by atoms with Gasteiger partial charge in [-0.2, -0.15) is 0 Å². The molecule has 0 amide bonds. The van der Waals surface area contributed by atoms with E-state index < -0.39 is 0 Å². The van der Waals surface area contributed by atoms with Crippen molar-refractivity contribution in [2.45, 2.75) is 38.7 Å². The molecule has 2 aromatic rings. The Hall–Kier alpha value is -2.08. The Balaban J connectivity index is 1.33. The fraction of sp³-hybridized carbons (Fsp3) is 0.524. The summed E-state index contributed by atoms with van der Waals surface area (Å²) in [6.45, 7) is 0.240. The standard InChI is InChI=1S/C21H25NO4S/c1-24-18-6-5-15(9-19(18)25-2)21-22-17(12-27-21)11-26-20(23)10-16-8-13-3-4-14(16)7-13/h5-6,9,12-14,16H,3-4,7-8,10-11H2,1-2H3/t13-,14-,16-/m1/s1. The van der Waals surface area contributed by atoms with Crippen molar-refractivity contribution in [1.82, 2.24) is 4.98 Å². The highest BCUT2D eigenvalue weighted by molar-refractivity contribution is 7.13. The highest BCUT2D eigenvalue weighted by Gasteiger charge is 2.40. The monoisotopic (exact) mass is 387 g/mol. The highest BCUT2D eigenvalue weighted by Crippen LogP contribution is 2.49. The van der Waals surface area contributed by atoms with Gasteiger partial charge in [-0.15, -0.1) is 11.3 Å². The van der Waals surface area contributed by atoms with E-state index in [0.29, 0.717) is 23.8 Å². The smallest absolute Gasteiger partial charge is 0.306 e. The molecule has 6 heteroatoms. The van der Waals surface area contributed by atoms with E-state index in [1.54, 1.807) is 14.2 Å². The fourth-order valence-electron chi connectivity index (χ4n) is 4.53. The lowest BCUT2D eigenvalue weighted by molar-refractivity contribution is -0.146. The van der Waals surface area contributed by atoms with Crippen LogP contribution in [0.4, 0.5) is 0 Å². The summed E-state index contributed by atoms with van der Waals surface area (Å²) >= 11 is 1.53. The number of fused-ring (bicyclic) bond motifs is 2. The normalized spacial score (nSPS) is 23.4. The molecule has 4 rings (SSSR count). The SMILES string of the molecule is COc1ccc(-c2nc(COC(=O)C[C@H]3C[C@@H]4CC[C@@H]3C4)cs2)cc1OC. The van der Waals surface area contributed by atoms with E-state index in [2.05, 4.69) is 4.98 Å². The molecule has 2 aliphatic rings. The molecule has 1 heterocycles. The van der Waals surface area contributed by atoms with Crippen LogP contribution in [0.3, 0.4) is 0 Å². The molecule has 0 saturated heterocycles. The van der Waals surface area contributed by atoms with Crippen LogP contribution in [-0.4, -0.2) is 25.2 Å². The number of ether oxygens (including phenoxy) is 3. The Kier molecular flexibility index (Phi) is 5.34. The number of hydrogen-bond donors (Lipinski definition) is 0. The Morgan fingerprint density at radius 3 is 2.74 bits per heavy atom. The number of nitrogens with zero attached hydrogens (tertiary/aromatic N) is 1. The average Bonchev–Trinajstić information content (AvgIpc) is 3.42. The molecule has 0 unspecified atom stereocenters. The number of thiazole rings is 1. The van der Waals surface area contributed by atoms with Crippen molar-refractivity contribution >= 4 is 17.3 Å². The van der Waals surface area contributed by atoms with Crippen LogP contribution >= 0.6 is 11.3 Å². The van der Waals surface area contributed by atoms with Crippen molar-refractivity contribution in [2.75, 3.05) is 14.2 Å². The number of carbonyl (C=O) groups excluding carboxylic acids is 1. The Bertz CT molecular complexity index is 818.